The monoisotopic (exact) mass is 1030 g/mol. The molecule has 0 spiro atoms. The number of nitrogen functional groups attached to an aromatic ring is 1. The van der Waals surface area contributed by atoms with Crippen molar-refractivity contribution >= 4 is 109 Å². The normalized spacial score (nSPS) is 10.7. The number of benzene rings is 2. The first-order valence-corrected chi connectivity index (χ1v) is 25.6. The summed E-state index contributed by atoms with van der Waals surface area (Å²) in [7, 11) is -4.91. The maximum absolute atomic E-state index is 12.9. The first-order valence-electron chi connectivity index (χ1n) is 17.6. The number of hydrogen-bond acceptors (Lipinski definition) is 11. The summed E-state index contributed by atoms with van der Waals surface area (Å²) in [5.41, 5.74) is 13.1. The van der Waals surface area contributed by atoms with E-state index in [9.17, 15) is 9.13 Å². The second-order valence-electron chi connectivity index (χ2n) is 13.4. The summed E-state index contributed by atoms with van der Waals surface area (Å²) >= 11 is 23.3. The molecule has 0 bridgehead atoms. The highest BCUT2D eigenvalue weighted by molar-refractivity contribution is 9.11. The van der Waals surface area contributed by atoms with Gasteiger partial charge in [-0.3, -0.25) is 9.97 Å². The summed E-state index contributed by atoms with van der Waals surface area (Å²) in [6, 6.07) is 19.4. The minimum atomic E-state index is -2.55. The van der Waals surface area contributed by atoms with Crippen molar-refractivity contribution in [3.63, 3.8) is 0 Å². The molecule has 2 aromatic carbocycles. The van der Waals surface area contributed by atoms with E-state index in [1.165, 1.54) is 6.20 Å². The molecule has 0 saturated heterocycles. The van der Waals surface area contributed by atoms with E-state index in [0.29, 0.717) is 32.2 Å². The van der Waals surface area contributed by atoms with Gasteiger partial charge in [-0.25, -0.2) is 15.0 Å². The van der Waals surface area contributed by atoms with Gasteiger partial charge in [0.05, 0.1) is 14.6 Å². The molecule has 0 saturated carbocycles. The number of rotatable bonds is 8. The second-order valence-corrected chi connectivity index (χ2v) is 22.5. The molecule has 0 radical (unpaired) electrons. The third kappa shape index (κ3) is 17.0. The van der Waals surface area contributed by atoms with Crippen molar-refractivity contribution in [3.05, 3.63) is 122 Å². The van der Waals surface area contributed by atoms with Gasteiger partial charge in [0, 0.05) is 70.2 Å². The molecule has 0 unspecified atom stereocenters. The number of nitrogens with one attached hydrogen (secondary N) is 1. The largest absolute Gasteiger partial charge is 0.398 e. The number of aryl methyl sites for hydroxylation is 2. The van der Waals surface area contributed by atoms with Gasteiger partial charge in [-0.1, -0.05) is 56.6 Å². The predicted molar refractivity (Wildman–Crippen MR) is 258 cm³/mol. The molecule has 6 rings (SSSR count). The Hall–Kier alpha value is -3.25. The standard InChI is InChI=1S/C18H17BrClN4OP.C14H17N2OP.C4HBrCl2N2.C4H10O.CH4/c1-11-4-5-13(9-21-11)12-6-7-15(16(8-12)26(2,3)25)23-17-14(19)10-22-18(20)24-17;1-10-4-5-12(9-16-10)11-6-7-13(15)14(8-11)18(2,3)17;5-2-1-8-4(7)9-3(2)6;1-2-3-4-5;/h4-10H,1-3H3,(H,22,23,24);4-9H,15H2,1-3H3;1H;5H,2-4H2,1H3;1H4. The number of aliphatic hydroxyl groups is 1. The lowest BCUT2D eigenvalue weighted by Crippen LogP contribution is -2.11. The molecule has 0 aliphatic heterocycles. The Kier molecular flexibility index (Phi) is 21.3. The first kappa shape index (κ1) is 51.9. The molecule has 6 aromatic rings. The van der Waals surface area contributed by atoms with E-state index in [-0.39, 0.29) is 18.0 Å². The van der Waals surface area contributed by atoms with Gasteiger partial charge < -0.3 is 25.3 Å². The van der Waals surface area contributed by atoms with Crippen LogP contribution in [0, 0.1) is 13.8 Å². The summed E-state index contributed by atoms with van der Waals surface area (Å²) in [6.45, 7) is 13.2. The van der Waals surface area contributed by atoms with Gasteiger partial charge in [-0.15, -0.1) is 0 Å². The van der Waals surface area contributed by atoms with Crippen molar-refractivity contribution in [3.8, 4) is 22.3 Å². The lowest BCUT2D eigenvalue weighted by atomic mass is 10.1. The fourth-order valence-corrected chi connectivity index (χ4v) is 8.00. The molecule has 18 heteroatoms. The van der Waals surface area contributed by atoms with Crippen molar-refractivity contribution in [1.82, 2.24) is 29.9 Å². The second kappa shape index (κ2) is 24.3. The van der Waals surface area contributed by atoms with Crippen LogP contribution in [-0.4, -0.2) is 68.3 Å². The number of hydrogen-bond donors (Lipinski definition) is 3. The van der Waals surface area contributed by atoms with Gasteiger partial charge in [0.1, 0.15) is 25.3 Å². The minimum Gasteiger partial charge on any atom is -0.398 e. The lowest BCUT2D eigenvalue weighted by Gasteiger charge is -2.17. The molecule has 0 aliphatic carbocycles. The van der Waals surface area contributed by atoms with Crippen LogP contribution in [0.4, 0.5) is 17.2 Å². The van der Waals surface area contributed by atoms with Gasteiger partial charge in [-0.2, -0.15) is 4.98 Å². The number of aromatic nitrogens is 6. The summed E-state index contributed by atoms with van der Waals surface area (Å²) in [4.78, 5) is 24.0. The maximum atomic E-state index is 12.9. The predicted octanol–water partition coefficient (Wildman–Crippen LogP) is 12.1. The number of nitrogens with zero attached hydrogens (tertiary/aromatic N) is 6. The molecule has 4 aromatic heterocycles. The van der Waals surface area contributed by atoms with Crippen LogP contribution >= 0.6 is 80.9 Å². The van der Waals surface area contributed by atoms with E-state index in [4.69, 9.17) is 45.6 Å². The molecule has 316 valence electrons. The van der Waals surface area contributed by atoms with Crippen molar-refractivity contribution in [2.45, 2.75) is 41.0 Å². The van der Waals surface area contributed by atoms with Gasteiger partial charge in [0.2, 0.25) is 10.6 Å². The van der Waals surface area contributed by atoms with Crippen molar-refractivity contribution in [2.75, 3.05) is 44.3 Å². The van der Waals surface area contributed by atoms with E-state index in [0.717, 1.165) is 62.8 Å². The molecular weight excluding hydrogens is 981 g/mol. The van der Waals surface area contributed by atoms with Crippen molar-refractivity contribution in [1.29, 1.82) is 0 Å². The van der Waals surface area contributed by atoms with Crippen LogP contribution in [0.5, 0.6) is 0 Å². The number of nitrogens with two attached hydrogens (primary N) is 1. The zero-order valence-corrected chi connectivity index (χ0v) is 40.2. The van der Waals surface area contributed by atoms with E-state index < -0.39 is 14.3 Å². The average molecular weight is 1030 g/mol. The van der Waals surface area contributed by atoms with Gasteiger partial charge >= 0.3 is 0 Å². The minimum absolute atomic E-state index is 0. The maximum Gasteiger partial charge on any atom is 0.224 e. The van der Waals surface area contributed by atoms with E-state index >= 15 is 0 Å². The highest BCUT2D eigenvalue weighted by Gasteiger charge is 2.19. The molecular formula is C41H49Br2Cl3N8O3P2. The Labute approximate surface area is 379 Å². The van der Waals surface area contributed by atoms with Crippen LogP contribution in [0.15, 0.2) is 94.4 Å². The molecule has 59 heavy (non-hydrogen) atoms. The third-order valence-corrected chi connectivity index (χ3v) is 12.9. The zero-order chi connectivity index (χ0) is 43.2. The van der Waals surface area contributed by atoms with Crippen LogP contribution in [-0.2, 0) is 9.13 Å². The molecule has 4 N–H and O–H groups in total. The van der Waals surface area contributed by atoms with Gasteiger partial charge in [-0.05, 0) is 150 Å². The Balaban J connectivity index is 0.000000313. The van der Waals surface area contributed by atoms with Crippen LogP contribution in [0.2, 0.25) is 15.7 Å². The van der Waals surface area contributed by atoms with E-state index in [1.807, 2.05) is 86.9 Å². The fraction of sp³-hybridized carbons (Fsp3) is 0.268. The Morgan fingerprint density at radius 1 is 0.678 bits per heavy atom. The van der Waals surface area contributed by atoms with Crippen LogP contribution in [0.25, 0.3) is 22.3 Å². The molecule has 11 nitrogen and oxygen atoms in total. The van der Waals surface area contributed by atoms with Crippen LogP contribution in [0.3, 0.4) is 0 Å². The van der Waals surface area contributed by atoms with Crippen LogP contribution in [0.1, 0.15) is 38.6 Å². The summed E-state index contributed by atoms with van der Waals surface area (Å²) in [5, 5.41) is 13.4. The van der Waals surface area contributed by atoms with Crippen molar-refractivity contribution in [2.24, 2.45) is 0 Å². The summed E-state index contributed by atoms with van der Waals surface area (Å²) in [6.07, 6.45) is 8.74. The lowest BCUT2D eigenvalue weighted by molar-refractivity contribution is 0.287. The zero-order valence-electron chi connectivity index (χ0n) is 33.0. The average Bonchev–Trinajstić information content (AvgIpc) is 3.16. The fourth-order valence-electron chi connectivity index (χ4n) is 4.77. The van der Waals surface area contributed by atoms with Crippen molar-refractivity contribution < 1.29 is 14.2 Å². The first-order chi connectivity index (χ1) is 27.2. The molecule has 4 heterocycles. The number of halogens is 5. The topological polar surface area (TPSA) is 170 Å². The molecule has 0 amide bonds. The Morgan fingerprint density at radius 2 is 1.15 bits per heavy atom. The van der Waals surface area contributed by atoms with E-state index in [1.54, 1.807) is 32.9 Å². The smallest absolute Gasteiger partial charge is 0.224 e. The number of unbranched alkanes of at least 4 members (excludes halogenated alkanes) is 1. The van der Waals surface area contributed by atoms with E-state index in [2.05, 4.69) is 74.0 Å². The Morgan fingerprint density at radius 3 is 1.58 bits per heavy atom. The quantitative estimate of drug-likeness (QED) is 0.0574. The van der Waals surface area contributed by atoms with Gasteiger partial charge in [0.25, 0.3) is 0 Å². The number of anilines is 3. The third-order valence-electron chi connectivity index (χ3n) is 7.83. The highest BCUT2D eigenvalue weighted by Crippen LogP contribution is 2.41. The number of pyridine rings is 2. The molecule has 0 fully saturated rings. The highest BCUT2D eigenvalue weighted by atomic mass is 79.9. The summed E-state index contributed by atoms with van der Waals surface area (Å²) in [5.74, 6) is 0.518. The number of aliphatic hydroxyl groups excluding tert-OH is 1. The Bertz CT molecular complexity index is 2380. The molecule has 0 aliphatic rings. The SMILES string of the molecule is C.CCCCO.Cc1ccc(-c2ccc(N)c(P(C)(C)=O)c2)cn1.Cc1ccc(-c2ccc(Nc3nc(Cl)ncc3Br)c(P(C)(C)=O)c2)cn1.Clc1ncc(Br)c(Cl)n1. The van der Waals surface area contributed by atoms with Gasteiger partial charge in [0.15, 0.2) is 0 Å². The van der Waals surface area contributed by atoms with Crippen LogP contribution < -0.4 is 21.7 Å². The summed E-state index contributed by atoms with van der Waals surface area (Å²) < 4.78 is 26.4. The molecule has 0 atom stereocenters.